The first-order chi connectivity index (χ1) is 14.5. The van der Waals surface area contributed by atoms with E-state index < -0.39 is 0 Å². The Morgan fingerprint density at radius 1 is 0.967 bits per heavy atom. The molecule has 3 heterocycles. The molecule has 1 aromatic carbocycles. The summed E-state index contributed by atoms with van der Waals surface area (Å²) in [5.74, 6) is -1.01. The molecule has 1 aromatic heterocycles. The van der Waals surface area contributed by atoms with E-state index in [4.69, 9.17) is 0 Å². The molecule has 8 nitrogen and oxygen atoms in total. The third-order valence-electron chi connectivity index (χ3n) is 5.51. The lowest BCUT2D eigenvalue weighted by Crippen LogP contribution is -2.47. The van der Waals surface area contributed by atoms with Gasteiger partial charge in [-0.3, -0.25) is 29.1 Å². The van der Waals surface area contributed by atoms with Crippen molar-refractivity contribution in [3.63, 3.8) is 0 Å². The summed E-state index contributed by atoms with van der Waals surface area (Å²) in [4.78, 5) is 56.5. The smallest absolute Gasteiger partial charge is 0.270 e. The molecular formula is C22H22N4O4. The zero-order valence-electron chi connectivity index (χ0n) is 16.4. The molecule has 0 radical (unpaired) electrons. The highest BCUT2D eigenvalue weighted by Gasteiger charge is 2.35. The highest BCUT2D eigenvalue weighted by Crippen LogP contribution is 2.22. The van der Waals surface area contributed by atoms with Crippen LogP contribution < -0.4 is 5.32 Å². The van der Waals surface area contributed by atoms with Gasteiger partial charge >= 0.3 is 0 Å². The second kappa shape index (κ2) is 8.44. The molecule has 8 heteroatoms. The summed E-state index contributed by atoms with van der Waals surface area (Å²) in [5, 5.41) is 2.96. The summed E-state index contributed by atoms with van der Waals surface area (Å²) >= 11 is 0. The van der Waals surface area contributed by atoms with Crippen molar-refractivity contribution < 1.29 is 19.2 Å². The third-order valence-corrected chi connectivity index (χ3v) is 5.51. The second-order valence-electron chi connectivity index (χ2n) is 7.40. The zero-order chi connectivity index (χ0) is 21.1. The lowest BCUT2D eigenvalue weighted by Gasteiger charge is -2.32. The van der Waals surface area contributed by atoms with Gasteiger partial charge in [-0.1, -0.05) is 18.2 Å². The van der Waals surface area contributed by atoms with Crippen molar-refractivity contribution in [1.29, 1.82) is 0 Å². The van der Waals surface area contributed by atoms with Crippen molar-refractivity contribution in [2.75, 3.05) is 19.6 Å². The molecule has 4 amide bonds. The summed E-state index contributed by atoms with van der Waals surface area (Å²) in [6.07, 6.45) is 2.97. The van der Waals surface area contributed by atoms with Crippen LogP contribution in [-0.4, -0.2) is 64.1 Å². The second-order valence-corrected chi connectivity index (χ2v) is 7.40. The highest BCUT2D eigenvalue weighted by atomic mass is 16.2. The van der Waals surface area contributed by atoms with E-state index in [-0.39, 0.29) is 42.6 Å². The Balaban J connectivity index is 1.25. The van der Waals surface area contributed by atoms with Crippen molar-refractivity contribution in [2.45, 2.75) is 25.3 Å². The molecule has 2 aromatic rings. The van der Waals surface area contributed by atoms with E-state index in [9.17, 15) is 19.2 Å². The number of piperidine rings is 1. The minimum atomic E-state index is -0.348. The minimum absolute atomic E-state index is 0.0141. The largest absolute Gasteiger partial charge is 0.348 e. The molecule has 1 N–H and O–H groups in total. The van der Waals surface area contributed by atoms with Crippen LogP contribution in [0.3, 0.4) is 0 Å². The topological polar surface area (TPSA) is 99.7 Å². The molecule has 1 fully saturated rings. The van der Waals surface area contributed by atoms with E-state index in [1.54, 1.807) is 53.6 Å². The monoisotopic (exact) mass is 406 g/mol. The van der Waals surface area contributed by atoms with Crippen molar-refractivity contribution >= 4 is 23.6 Å². The van der Waals surface area contributed by atoms with Crippen LogP contribution in [0.1, 0.15) is 50.5 Å². The van der Waals surface area contributed by atoms with Crippen LogP contribution in [0.25, 0.3) is 0 Å². The van der Waals surface area contributed by atoms with E-state index >= 15 is 0 Å². The average Bonchev–Trinajstić information content (AvgIpc) is 3.03. The first-order valence-corrected chi connectivity index (χ1v) is 9.99. The molecule has 4 rings (SSSR count). The summed E-state index contributed by atoms with van der Waals surface area (Å²) in [6.45, 7) is 1.11. The molecule has 1 saturated heterocycles. The van der Waals surface area contributed by atoms with Gasteiger partial charge in [0.1, 0.15) is 5.69 Å². The van der Waals surface area contributed by atoms with E-state index in [0.29, 0.717) is 42.8 Å². The standard InChI is InChI=1S/C22H22N4O4/c27-19(10-14-26-21(29)16-5-1-2-6-17(16)22(26)30)25-12-8-15(9-13-25)24-20(28)18-7-3-4-11-23-18/h1-7,11,15H,8-10,12-14H2,(H,24,28). The van der Waals surface area contributed by atoms with E-state index in [2.05, 4.69) is 10.3 Å². The normalized spacial score (nSPS) is 16.5. The summed E-state index contributed by atoms with van der Waals surface area (Å²) in [7, 11) is 0. The molecule has 2 aliphatic heterocycles. The van der Waals surface area contributed by atoms with Gasteiger partial charge in [0.25, 0.3) is 17.7 Å². The first-order valence-electron chi connectivity index (χ1n) is 9.99. The molecule has 0 unspecified atom stereocenters. The fraction of sp³-hybridized carbons (Fsp3) is 0.318. The van der Waals surface area contributed by atoms with Crippen molar-refractivity contribution in [3.8, 4) is 0 Å². The SMILES string of the molecule is O=C(NC1CCN(C(=O)CCN2C(=O)c3ccccc3C2=O)CC1)c1ccccn1. The number of fused-ring (bicyclic) bond motifs is 1. The maximum Gasteiger partial charge on any atom is 0.270 e. The third kappa shape index (κ3) is 3.94. The fourth-order valence-corrected chi connectivity index (χ4v) is 3.84. The number of hydrogen-bond acceptors (Lipinski definition) is 5. The Morgan fingerprint density at radius 2 is 1.60 bits per heavy atom. The van der Waals surface area contributed by atoms with Gasteiger partial charge in [0.05, 0.1) is 11.1 Å². The molecule has 154 valence electrons. The molecule has 2 aliphatic rings. The Bertz CT molecular complexity index is 949. The molecular weight excluding hydrogens is 384 g/mol. The minimum Gasteiger partial charge on any atom is -0.348 e. The van der Waals surface area contributed by atoms with Gasteiger partial charge in [0.15, 0.2) is 0 Å². The van der Waals surface area contributed by atoms with E-state index in [0.717, 1.165) is 4.90 Å². The number of aromatic nitrogens is 1. The molecule has 0 bridgehead atoms. The molecule has 0 spiro atoms. The Hall–Kier alpha value is -3.55. The number of imide groups is 1. The Morgan fingerprint density at radius 3 is 2.20 bits per heavy atom. The number of likely N-dealkylation sites (tertiary alicyclic amines) is 1. The maximum absolute atomic E-state index is 12.6. The number of rotatable bonds is 5. The van der Waals surface area contributed by atoms with Crippen LogP contribution in [0.2, 0.25) is 0 Å². The number of amides is 4. The first kappa shape index (κ1) is 19.8. The lowest BCUT2D eigenvalue weighted by molar-refractivity contribution is -0.132. The Kier molecular flexibility index (Phi) is 5.56. The van der Waals surface area contributed by atoms with Gasteiger partial charge in [-0.2, -0.15) is 0 Å². The number of pyridine rings is 1. The van der Waals surface area contributed by atoms with Gasteiger partial charge in [-0.15, -0.1) is 0 Å². The van der Waals surface area contributed by atoms with Crippen LogP contribution >= 0.6 is 0 Å². The van der Waals surface area contributed by atoms with Crippen LogP contribution in [0.15, 0.2) is 48.7 Å². The Labute approximate surface area is 173 Å². The highest BCUT2D eigenvalue weighted by molar-refractivity contribution is 6.21. The number of nitrogens with one attached hydrogen (secondary N) is 1. The van der Waals surface area contributed by atoms with Crippen molar-refractivity contribution in [1.82, 2.24) is 20.1 Å². The zero-order valence-corrected chi connectivity index (χ0v) is 16.4. The van der Waals surface area contributed by atoms with Gasteiger partial charge in [-0.05, 0) is 37.1 Å². The fourth-order valence-electron chi connectivity index (χ4n) is 3.84. The van der Waals surface area contributed by atoms with Crippen LogP contribution in [0.4, 0.5) is 0 Å². The summed E-state index contributed by atoms with van der Waals surface area (Å²) in [6, 6.07) is 11.8. The van der Waals surface area contributed by atoms with Gasteiger partial charge in [0, 0.05) is 38.3 Å². The number of carbonyl (C=O) groups is 4. The van der Waals surface area contributed by atoms with Gasteiger partial charge in [0.2, 0.25) is 5.91 Å². The molecule has 0 saturated carbocycles. The maximum atomic E-state index is 12.6. The van der Waals surface area contributed by atoms with Gasteiger partial charge < -0.3 is 10.2 Å². The summed E-state index contributed by atoms with van der Waals surface area (Å²) in [5.41, 5.74) is 1.15. The molecule has 0 aliphatic carbocycles. The van der Waals surface area contributed by atoms with Crippen LogP contribution in [0, 0.1) is 0 Å². The average molecular weight is 406 g/mol. The lowest BCUT2D eigenvalue weighted by atomic mass is 10.0. The molecule has 30 heavy (non-hydrogen) atoms. The number of nitrogens with zero attached hydrogens (tertiary/aromatic N) is 3. The van der Waals surface area contributed by atoms with Crippen molar-refractivity contribution in [2.24, 2.45) is 0 Å². The van der Waals surface area contributed by atoms with E-state index in [1.807, 2.05) is 0 Å². The van der Waals surface area contributed by atoms with Crippen LogP contribution in [0.5, 0.6) is 0 Å². The number of hydrogen-bond donors (Lipinski definition) is 1. The predicted molar refractivity (Wildman–Crippen MR) is 108 cm³/mol. The van der Waals surface area contributed by atoms with Crippen molar-refractivity contribution in [3.05, 3.63) is 65.5 Å². The summed E-state index contributed by atoms with van der Waals surface area (Å²) < 4.78 is 0. The predicted octanol–water partition coefficient (Wildman–Crippen LogP) is 1.49. The van der Waals surface area contributed by atoms with Crippen LogP contribution in [-0.2, 0) is 4.79 Å². The van der Waals surface area contributed by atoms with Gasteiger partial charge in [-0.25, -0.2) is 0 Å². The van der Waals surface area contributed by atoms with E-state index in [1.165, 1.54) is 0 Å². The quantitative estimate of drug-likeness (QED) is 0.759. The number of benzene rings is 1. The number of carbonyl (C=O) groups excluding carboxylic acids is 4. The molecule has 0 atom stereocenters.